The van der Waals surface area contributed by atoms with Crippen LogP contribution in [0.2, 0.25) is 0 Å². The van der Waals surface area contributed by atoms with Gasteiger partial charge >= 0.3 is 0 Å². The lowest BCUT2D eigenvalue weighted by atomic mass is 9.91. The van der Waals surface area contributed by atoms with Gasteiger partial charge in [0.05, 0.1) is 10.5 Å². The van der Waals surface area contributed by atoms with Gasteiger partial charge in [-0.3, -0.25) is 0 Å². The second-order valence-corrected chi connectivity index (χ2v) is 8.41. The Morgan fingerprint density at radius 3 is 2.29 bits per heavy atom. The summed E-state index contributed by atoms with van der Waals surface area (Å²) in [6.07, 6.45) is 6.78. The number of sulfone groups is 1. The van der Waals surface area contributed by atoms with E-state index in [1.807, 2.05) is 7.05 Å². The SMILES string of the molecule is CNC1CCC(S(=O)(=O)C2CCCC(C)C2)C1. The van der Waals surface area contributed by atoms with E-state index in [4.69, 9.17) is 0 Å². The second kappa shape index (κ2) is 5.27. The molecule has 0 bridgehead atoms. The Bertz CT molecular complexity index is 352. The Labute approximate surface area is 105 Å². The molecule has 0 heterocycles. The van der Waals surface area contributed by atoms with Crippen molar-refractivity contribution in [2.45, 2.75) is 68.4 Å². The van der Waals surface area contributed by atoms with E-state index in [2.05, 4.69) is 12.2 Å². The third-order valence-corrected chi connectivity index (χ3v) is 7.33. The molecule has 0 saturated heterocycles. The van der Waals surface area contributed by atoms with Gasteiger partial charge in [-0.1, -0.05) is 19.8 Å². The van der Waals surface area contributed by atoms with Crippen molar-refractivity contribution in [3.8, 4) is 0 Å². The summed E-state index contributed by atoms with van der Waals surface area (Å²) < 4.78 is 25.1. The highest BCUT2D eigenvalue weighted by Gasteiger charge is 2.39. The van der Waals surface area contributed by atoms with Crippen molar-refractivity contribution in [2.75, 3.05) is 7.05 Å². The van der Waals surface area contributed by atoms with Gasteiger partial charge in [0, 0.05) is 6.04 Å². The molecule has 1 N–H and O–H groups in total. The molecule has 0 spiro atoms. The standard InChI is InChI=1S/C13H25NO2S/c1-10-4-3-5-12(8-10)17(15,16)13-7-6-11(9-13)14-2/h10-14H,3-9H2,1-2H3. The van der Waals surface area contributed by atoms with Gasteiger partial charge in [0.1, 0.15) is 0 Å². The van der Waals surface area contributed by atoms with Gasteiger partial charge in [0.15, 0.2) is 9.84 Å². The molecule has 4 heteroatoms. The van der Waals surface area contributed by atoms with Gasteiger partial charge in [-0.05, 0) is 45.1 Å². The minimum absolute atomic E-state index is 0.0492. The van der Waals surface area contributed by atoms with Crippen molar-refractivity contribution < 1.29 is 8.42 Å². The van der Waals surface area contributed by atoms with Crippen LogP contribution in [0.1, 0.15) is 51.9 Å². The van der Waals surface area contributed by atoms with Crippen molar-refractivity contribution in [1.82, 2.24) is 5.32 Å². The van der Waals surface area contributed by atoms with Crippen molar-refractivity contribution in [2.24, 2.45) is 5.92 Å². The maximum absolute atomic E-state index is 12.6. The number of nitrogens with one attached hydrogen (secondary N) is 1. The summed E-state index contributed by atoms with van der Waals surface area (Å²) in [6, 6.07) is 0.413. The minimum Gasteiger partial charge on any atom is -0.317 e. The molecule has 100 valence electrons. The van der Waals surface area contributed by atoms with E-state index >= 15 is 0 Å². The lowest BCUT2D eigenvalue weighted by molar-refractivity contribution is 0.380. The van der Waals surface area contributed by atoms with Crippen molar-refractivity contribution in [1.29, 1.82) is 0 Å². The van der Waals surface area contributed by atoms with Crippen LogP contribution in [0.5, 0.6) is 0 Å². The lowest BCUT2D eigenvalue weighted by Crippen LogP contribution is -2.35. The van der Waals surface area contributed by atoms with Crippen LogP contribution in [0, 0.1) is 5.92 Å². The quantitative estimate of drug-likeness (QED) is 0.844. The molecule has 0 amide bonds. The first-order valence-corrected chi connectivity index (χ1v) is 8.55. The van der Waals surface area contributed by atoms with E-state index in [-0.39, 0.29) is 10.5 Å². The van der Waals surface area contributed by atoms with Crippen LogP contribution < -0.4 is 5.32 Å². The molecule has 0 aromatic rings. The van der Waals surface area contributed by atoms with Crippen LogP contribution in [0.4, 0.5) is 0 Å². The Kier molecular flexibility index (Phi) is 4.14. The molecule has 0 aliphatic heterocycles. The van der Waals surface area contributed by atoms with E-state index in [0.29, 0.717) is 12.0 Å². The average Bonchev–Trinajstić information content (AvgIpc) is 2.78. The second-order valence-electron chi connectivity index (χ2n) is 5.90. The van der Waals surface area contributed by atoms with E-state index < -0.39 is 9.84 Å². The molecule has 2 saturated carbocycles. The first-order valence-electron chi connectivity index (χ1n) is 6.94. The van der Waals surface area contributed by atoms with Crippen molar-refractivity contribution >= 4 is 9.84 Å². The zero-order valence-corrected chi connectivity index (χ0v) is 11.8. The Morgan fingerprint density at radius 2 is 1.71 bits per heavy atom. The molecule has 17 heavy (non-hydrogen) atoms. The van der Waals surface area contributed by atoms with Crippen LogP contribution in [0.3, 0.4) is 0 Å². The predicted octanol–water partition coefficient (Wildman–Crippen LogP) is 2.12. The topological polar surface area (TPSA) is 46.2 Å². The molecule has 2 rings (SSSR count). The highest BCUT2D eigenvalue weighted by Crippen LogP contribution is 2.35. The average molecular weight is 259 g/mol. The summed E-state index contributed by atoms with van der Waals surface area (Å²) in [5, 5.41) is 3.09. The molecule has 3 nitrogen and oxygen atoms in total. The molecular formula is C13H25NO2S. The van der Waals surface area contributed by atoms with Crippen molar-refractivity contribution in [3.63, 3.8) is 0 Å². The maximum Gasteiger partial charge on any atom is 0.156 e. The highest BCUT2D eigenvalue weighted by molar-refractivity contribution is 7.92. The van der Waals surface area contributed by atoms with Gasteiger partial charge in [-0.2, -0.15) is 0 Å². The molecule has 0 aromatic heterocycles. The number of hydrogen-bond donors (Lipinski definition) is 1. The molecule has 2 aliphatic rings. The Balaban J connectivity index is 2.03. The molecule has 4 unspecified atom stereocenters. The van der Waals surface area contributed by atoms with Gasteiger partial charge in [-0.25, -0.2) is 8.42 Å². The summed E-state index contributed by atoms with van der Waals surface area (Å²) >= 11 is 0. The fourth-order valence-electron chi connectivity index (χ4n) is 3.45. The fraction of sp³-hybridized carbons (Fsp3) is 1.00. The predicted molar refractivity (Wildman–Crippen MR) is 70.8 cm³/mol. The first-order chi connectivity index (χ1) is 8.04. The van der Waals surface area contributed by atoms with E-state index in [1.165, 1.54) is 6.42 Å². The first kappa shape index (κ1) is 13.3. The van der Waals surface area contributed by atoms with Crippen LogP contribution in [-0.2, 0) is 9.84 Å². The number of hydrogen-bond acceptors (Lipinski definition) is 3. The van der Waals surface area contributed by atoms with E-state index in [1.54, 1.807) is 0 Å². The largest absolute Gasteiger partial charge is 0.317 e. The summed E-state index contributed by atoms with van der Waals surface area (Å²) in [5.41, 5.74) is 0. The number of rotatable bonds is 3. The van der Waals surface area contributed by atoms with Crippen LogP contribution in [0.15, 0.2) is 0 Å². The van der Waals surface area contributed by atoms with Crippen LogP contribution >= 0.6 is 0 Å². The molecular weight excluding hydrogens is 234 g/mol. The summed E-state index contributed by atoms with van der Waals surface area (Å²) in [7, 11) is -0.945. The monoisotopic (exact) mass is 259 g/mol. The Hall–Kier alpha value is -0.0900. The van der Waals surface area contributed by atoms with E-state index in [0.717, 1.165) is 38.5 Å². The highest BCUT2D eigenvalue weighted by atomic mass is 32.2. The maximum atomic E-state index is 12.6. The van der Waals surface area contributed by atoms with Gasteiger partial charge in [-0.15, -0.1) is 0 Å². The normalized spacial score (nSPS) is 39.4. The Morgan fingerprint density at radius 1 is 1.00 bits per heavy atom. The summed E-state index contributed by atoms with van der Waals surface area (Å²) in [4.78, 5) is 0. The smallest absolute Gasteiger partial charge is 0.156 e. The van der Waals surface area contributed by atoms with Gasteiger partial charge in [0.2, 0.25) is 0 Å². The van der Waals surface area contributed by atoms with E-state index in [9.17, 15) is 8.42 Å². The minimum atomic E-state index is -2.88. The molecule has 2 aliphatic carbocycles. The third kappa shape index (κ3) is 2.84. The lowest BCUT2D eigenvalue weighted by Gasteiger charge is -2.28. The summed E-state index contributed by atoms with van der Waals surface area (Å²) in [5.74, 6) is 0.588. The molecule has 0 aromatic carbocycles. The van der Waals surface area contributed by atoms with Crippen molar-refractivity contribution in [3.05, 3.63) is 0 Å². The zero-order valence-electron chi connectivity index (χ0n) is 11.0. The molecule has 2 fully saturated rings. The van der Waals surface area contributed by atoms with Crippen LogP contribution in [0.25, 0.3) is 0 Å². The molecule has 4 atom stereocenters. The van der Waals surface area contributed by atoms with Crippen LogP contribution in [-0.4, -0.2) is 32.0 Å². The zero-order chi connectivity index (χ0) is 12.5. The summed E-state index contributed by atoms with van der Waals surface area (Å²) in [6.45, 7) is 2.19. The third-order valence-electron chi connectivity index (χ3n) is 4.61. The fourth-order valence-corrected chi connectivity index (χ4v) is 6.05. The van der Waals surface area contributed by atoms with Gasteiger partial charge < -0.3 is 5.32 Å². The van der Waals surface area contributed by atoms with Gasteiger partial charge in [0.25, 0.3) is 0 Å². The molecule has 0 radical (unpaired) electrons.